The van der Waals surface area contributed by atoms with Gasteiger partial charge in [0.2, 0.25) is 0 Å². The highest BCUT2D eigenvalue weighted by molar-refractivity contribution is 5.48. The van der Waals surface area contributed by atoms with Gasteiger partial charge in [-0.05, 0) is 65.7 Å². The fourth-order valence-corrected chi connectivity index (χ4v) is 5.95. The van der Waals surface area contributed by atoms with Gasteiger partial charge in [0.05, 0.1) is 0 Å². The number of hydrogen-bond donors (Lipinski definition) is 1. The van der Waals surface area contributed by atoms with Gasteiger partial charge < -0.3 is 14.6 Å². The summed E-state index contributed by atoms with van der Waals surface area (Å²) in [7, 11) is 3.51. The number of hydrogen-bond acceptors (Lipinski definition) is 3. The Hall–Kier alpha value is -1.06. The van der Waals surface area contributed by atoms with Gasteiger partial charge in [0, 0.05) is 19.6 Å². The fourth-order valence-electron chi connectivity index (χ4n) is 5.95. The summed E-state index contributed by atoms with van der Waals surface area (Å²) in [4.78, 5) is 0. The third-order valence-corrected chi connectivity index (χ3v) is 7.14. The smallest absolute Gasteiger partial charge is 0.162 e. The summed E-state index contributed by atoms with van der Waals surface area (Å²) >= 11 is 0. The average Bonchev–Trinajstić information content (AvgIpc) is 2.55. The minimum absolute atomic E-state index is 0.000524. The van der Waals surface area contributed by atoms with Crippen LogP contribution in [0.1, 0.15) is 76.0 Å². The summed E-state index contributed by atoms with van der Waals surface area (Å²) in [5.74, 6) is 1.30. The zero-order valence-corrected chi connectivity index (χ0v) is 16.7. The van der Waals surface area contributed by atoms with Gasteiger partial charge in [0.15, 0.2) is 6.29 Å². The second kappa shape index (κ2) is 6.59. The number of rotatable bonds is 4. The Bertz CT molecular complexity index is 634. The number of aryl methyl sites for hydroxylation is 1. The van der Waals surface area contributed by atoms with Crippen LogP contribution in [-0.2, 0) is 21.3 Å². The Morgan fingerprint density at radius 2 is 1.80 bits per heavy atom. The standard InChI is InChI=1S/C22H34O3/c1-14(2)16-12-15-8-9-19-21(3,17(15)13-18(16)23)10-7-11-22(19,4)20(24-5)25-6/h12-14,19-20,23H,7-11H2,1-6H3/t19-,21-,22-/m1/s1. The van der Waals surface area contributed by atoms with Crippen molar-refractivity contribution in [2.45, 2.75) is 77.4 Å². The minimum atomic E-state index is -0.179. The SMILES string of the molecule is COC(OC)[C@]1(C)CCC[C@]2(C)c3cc(O)c(C(C)C)cc3CC[C@@H]12. The van der Waals surface area contributed by atoms with Crippen molar-refractivity contribution < 1.29 is 14.6 Å². The lowest BCUT2D eigenvalue weighted by Gasteiger charge is -2.57. The summed E-state index contributed by atoms with van der Waals surface area (Å²) in [6.07, 6.45) is 5.52. The van der Waals surface area contributed by atoms with Crippen LogP contribution < -0.4 is 0 Å². The van der Waals surface area contributed by atoms with Gasteiger partial charge in [-0.15, -0.1) is 0 Å². The number of methoxy groups -OCH3 is 2. The molecule has 0 saturated heterocycles. The normalized spacial score (nSPS) is 31.9. The molecule has 0 heterocycles. The molecule has 0 spiro atoms. The van der Waals surface area contributed by atoms with Crippen molar-refractivity contribution in [3.8, 4) is 5.75 Å². The van der Waals surface area contributed by atoms with E-state index in [0.717, 1.165) is 24.8 Å². The number of phenolic OH excluding ortho intramolecular Hbond substituents is 1. The summed E-state index contributed by atoms with van der Waals surface area (Å²) in [6, 6.07) is 4.32. The Labute approximate surface area is 152 Å². The molecule has 140 valence electrons. The van der Waals surface area contributed by atoms with Crippen LogP contribution in [0.5, 0.6) is 5.75 Å². The maximum absolute atomic E-state index is 10.6. The van der Waals surface area contributed by atoms with E-state index in [1.165, 1.54) is 24.0 Å². The molecule has 2 aliphatic rings. The Kier molecular flexibility index (Phi) is 4.93. The van der Waals surface area contributed by atoms with Crippen molar-refractivity contribution in [2.75, 3.05) is 14.2 Å². The third-order valence-electron chi connectivity index (χ3n) is 7.14. The van der Waals surface area contributed by atoms with Gasteiger partial charge in [0.25, 0.3) is 0 Å². The lowest BCUT2D eigenvalue weighted by Crippen LogP contribution is -2.54. The molecule has 1 saturated carbocycles. The summed E-state index contributed by atoms with van der Waals surface area (Å²) < 4.78 is 11.5. The summed E-state index contributed by atoms with van der Waals surface area (Å²) in [6.45, 7) is 9.02. The topological polar surface area (TPSA) is 38.7 Å². The Morgan fingerprint density at radius 3 is 2.40 bits per heavy atom. The van der Waals surface area contributed by atoms with Crippen LogP contribution in [0, 0.1) is 11.3 Å². The number of aromatic hydroxyl groups is 1. The van der Waals surface area contributed by atoms with Crippen LogP contribution in [-0.4, -0.2) is 25.6 Å². The zero-order valence-electron chi connectivity index (χ0n) is 16.7. The van der Waals surface area contributed by atoms with Crippen LogP contribution in [0.15, 0.2) is 12.1 Å². The lowest BCUT2D eigenvalue weighted by molar-refractivity contribution is -0.212. The first-order valence-electron chi connectivity index (χ1n) is 9.69. The average molecular weight is 347 g/mol. The van der Waals surface area contributed by atoms with E-state index in [0.29, 0.717) is 17.6 Å². The van der Waals surface area contributed by atoms with Gasteiger partial charge in [-0.2, -0.15) is 0 Å². The summed E-state index contributed by atoms with van der Waals surface area (Å²) in [5, 5.41) is 10.6. The van der Waals surface area contributed by atoms with Gasteiger partial charge in [-0.3, -0.25) is 0 Å². The van der Waals surface area contributed by atoms with Crippen LogP contribution in [0.4, 0.5) is 0 Å². The molecular formula is C22H34O3. The molecule has 1 N–H and O–H groups in total. The molecule has 3 nitrogen and oxygen atoms in total. The van der Waals surface area contributed by atoms with E-state index in [1.54, 1.807) is 14.2 Å². The molecule has 3 heteroatoms. The third kappa shape index (κ3) is 2.80. The van der Waals surface area contributed by atoms with Crippen molar-refractivity contribution >= 4 is 0 Å². The van der Waals surface area contributed by atoms with E-state index >= 15 is 0 Å². The first kappa shape index (κ1) is 18.7. The van der Waals surface area contributed by atoms with Crippen LogP contribution in [0.25, 0.3) is 0 Å². The van der Waals surface area contributed by atoms with Gasteiger partial charge >= 0.3 is 0 Å². The second-order valence-electron chi connectivity index (χ2n) is 8.89. The molecule has 3 atom stereocenters. The Morgan fingerprint density at radius 1 is 1.12 bits per heavy atom. The first-order valence-corrected chi connectivity index (χ1v) is 9.69. The van der Waals surface area contributed by atoms with E-state index in [4.69, 9.17) is 9.47 Å². The van der Waals surface area contributed by atoms with E-state index < -0.39 is 0 Å². The molecule has 0 bridgehead atoms. The molecule has 0 unspecified atom stereocenters. The second-order valence-corrected chi connectivity index (χ2v) is 8.89. The van der Waals surface area contributed by atoms with E-state index in [2.05, 4.69) is 39.8 Å². The maximum Gasteiger partial charge on any atom is 0.162 e. The maximum atomic E-state index is 10.6. The fraction of sp³-hybridized carbons (Fsp3) is 0.727. The van der Waals surface area contributed by atoms with E-state index in [-0.39, 0.29) is 17.1 Å². The summed E-state index contributed by atoms with van der Waals surface area (Å²) in [5.41, 5.74) is 3.92. The minimum Gasteiger partial charge on any atom is -0.508 e. The zero-order chi connectivity index (χ0) is 18.4. The quantitative estimate of drug-likeness (QED) is 0.767. The molecule has 0 radical (unpaired) electrons. The molecule has 2 aliphatic carbocycles. The van der Waals surface area contributed by atoms with Gasteiger partial charge in [-0.1, -0.05) is 40.2 Å². The van der Waals surface area contributed by atoms with Gasteiger partial charge in [-0.25, -0.2) is 0 Å². The van der Waals surface area contributed by atoms with Crippen molar-refractivity contribution in [2.24, 2.45) is 11.3 Å². The molecule has 3 rings (SSSR count). The van der Waals surface area contributed by atoms with Crippen molar-refractivity contribution in [1.29, 1.82) is 0 Å². The van der Waals surface area contributed by atoms with Crippen molar-refractivity contribution in [1.82, 2.24) is 0 Å². The first-order chi connectivity index (χ1) is 11.8. The monoisotopic (exact) mass is 346 g/mol. The Balaban J connectivity index is 2.08. The van der Waals surface area contributed by atoms with Gasteiger partial charge in [0.1, 0.15) is 5.75 Å². The van der Waals surface area contributed by atoms with Crippen LogP contribution in [0.2, 0.25) is 0 Å². The van der Waals surface area contributed by atoms with Crippen molar-refractivity contribution in [3.63, 3.8) is 0 Å². The number of benzene rings is 1. The van der Waals surface area contributed by atoms with E-state index in [9.17, 15) is 5.11 Å². The molecule has 1 fully saturated rings. The predicted molar refractivity (Wildman–Crippen MR) is 101 cm³/mol. The largest absolute Gasteiger partial charge is 0.508 e. The van der Waals surface area contributed by atoms with E-state index in [1.807, 2.05) is 0 Å². The number of phenols is 1. The molecular weight excluding hydrogens is 312 g/mol. The molecule has 0 amide bonds. The number of fused-ring (bicyclic) bond motifs is 3. The highest BCUT2D eigenvalue weighted by Crippen LogP contribution is 2.59. The molecule has 1 aromatic carbocycles. The highest BCUT2D eigenvalue weighted by Gasteiger charge is 2.55. The molecule has 25 heavy (non-hydrogen) atoms. The van der Waals surface area contributed by atoms with Crippen LogP contribution in [0.3, 0.4) is 0 Å². The lowest BCUT2D eigenvalue weighted by atomic mass is 9.49. The van der Waals surface area contributed by atoms with Crippen LogP contribution >= 0.6 is 0 Å². The highest BCUT2D eigenvalue weighted by atomic mass is 16.7. The predicted octanol–water partition coefficient (Wildman–Crippen LogP) is 5.14. The van der Waals surface area contributed by atoms with Crippen molar-refractivity contribution in [3.05, 3.63) is 28.8 Å². The molecule has 1 aromatic rings. The number of ether oxygens (including phenoxy) is 2. The molecule has 0 aliphatic heterocycles. The molecule has 0 aromatic heterocycles.